The van der Waals surface area contributed by atoms with E-state index in [0.717, 1.165) is 29.8 Å². The normalized spacial score (nSPS) is 16.3. The van der Waals surface area contributed by atoms with Crippen LogP contribution in [0, 0.1) is 24.8 Å². The highest BCUT2D eigenvalue weighted by Gasteiger charge is 2.32. The van der Waals surface area contributed by atoms with E-state index in [1.165, 1.54) is 18.4 Å². The Hall–Kier alpha value is -1.78. The Bertz CT molecular complexity index is 685. The molecule has 0 saturated heterocycles. The summed E-state index contributed by atoms with van der Waals surface area (Å²) in [7, 11) is 0. The molecule has 1 heterocycles. The maximum atomic E-state index is 6.67. The maximum absolute atomic E-state index is 6.67. The van der Waals surface area contributed by atoms with E-state index in [4.69, 9.17) is 11.6 Å². The van der Waals surface area contributed by atoms with Crippen molar-refractivity contribution in [2.45, 2.75) is 37.5 Å². The van der Waals surface area contributed by atoms with E-state index in [1.54, 1.807) is 0 Å². The zero-order valence-electron chi connectivity index (χ0n) is 12.1. The van der Waals surface area contributed by atoms with Gasteiger partial charge in [-0.05, 0) is 61.6 Å². The minimum atomic E-state index is -0.180. The highest BCUT2D eigenvalue weighted by molar-refractivity contribution is 6.24. The predicted octanol–water partition coefficient (Wildman–Crippen LogP) is 4.60. The maximum Gasteiger partial charge on any atom is 0.113 e. The van der Waals surface area contributed by atoms with E-state index in [-0.39, 0.29) is 4.87 Å². The van der Waals surface area contributed by atoms with Crippen molar-refractivity contribution >= 4 is 11.6 Å². The molecule has 0 atom stereocenters. The van der Waals surface area contributed by atoms with Crippen LogP contribution in [0.4, 0.5) is 0 Å². The Kier molecular flexibility index (Phi) is 3.99. The SMILES string of the molecule is Cc1cccc(C#Cc2[c]cc(C3(Cl)CCCC3)cc2)n1. The van der Waals surface area contributed by atoms with Crippen molar-refractivity contribution in [1.82, 2.24) is 4.98 Å². The van der Waals surface area contributed by atoms with E-state index < -0.39 is 0 Å². The summed E-state index contributed by atoms with van der Waals surface area (Å²) in [5.41, 5.74) is 3.81. The van der Waals surface area contributed by atoms with Gasteiger partial charge in [-0.15, -0.1) is 11.6 Å². The van der Waals surface area contributed by atoms with Crippen molar-refractivity contribution in [3.63, 3.8) is 0 Å². The summed E-state index contributed by atoms with van der Waals surface area (Å²) in [6, 6.07) is 15.2. The lowest BCUT2D eigenvalue weighted by Gasteiger charge is -2.20. The Balaban J connectivity index is 1.79. The molecule has 1 aliphatic carbocycles. The van der Waals surface area contributed by atoms with E-state index in [9.17, 15) is 0 Å². The zero-order valence-corrected chi connectivity index (χ0v) is 12.9. The highest BCUT2D eigenvalue weighted by atomic mass is 35.5. The molecule has 0 spiro atoms. The molecule has 1 saturated carbocycles. The smallest absolute Gasteiger partial charge is 0.113 e. The molecule has 1 aromatic carbocycles. The predicted molar refractivity (Wildman–Crippen MR) is 86.2 cm³/mol. The average Bonchev–Trinajstić information content (AvgIpc) is 2.94. The van der Waals surface area contributed by atoms with Crippen molar-refractivity contribution < 1.29 is 0 Å². The monoisotopic (exact) mass is 294 g/mol. The van der Waals surface area contributed by atoms with Crippen molar-refractivity contribution in [2.75, 3.05) is 0 Å². The van der Waals surface area contributed by atoms with E-state index in [0.29, 0.717) is 0 Å². The third kappa shape index (κ3) is 3.28. The minimum absolute atomic E-state index is 0.180. The van der Waals surface area contributed by atoms with Gasteiger partial charge in [0.15, 0.2) is 0 Å². The zero-order chi connectivity index (χ0) is 14.7. The second-order valence-corrected chi connectivity index (χ2v) is 6.30. The number of nitrogens with zero attached hydrogens (tertiary/aromatic N) is 1. The summed E-state index contributed by atoms with van der Waals surface area (Å²) in [5, 5.41) is 0. The minimum Gasteiger partial charge on any atom is -0.245 e. The summed E-state index contributed by atoms with van der Waals surface area (Å²) in [4.78, 5) is 4.19. The molecule has 1 fully saturated rings. The van der Waals surface area contributed by atoms with Crippen molar-refractivity contribution in [1.29, 1.82) is 0 Å². The topological polar surface area (TPSA) is 12.9 Å². The van der Waals surface area contributed by atoms with Gasteiger partial charge in [-0.1, -0.05) is 30.9 Å². The molecule has 105 valence electrons. The molecule has 0 unspecified atom stereocenters. The van der Waals surface area contributed by atoms with Gasteiger partial charge in [0, 0.05) is 11.3 Å². The summed E-state index contributed by atoms with van der Waals surface area (Å²) in [5.74, 6) is 6.18. The standard InChI is InChI=1S/C19H17ClN/c1-15-5-4-6-18(21-15)12-9-16-7-10-17(11-8-16)19(20)13-2-3-14-19/h4-7,10-11H,2-3,13-14H2,1H3. The number of benzene rings is 1. The van der Waals surface area contributed by atoms with Crippen LogP contribution in [0.1, 0.15) is 48.2 Å². The number of aryl methyl sites for hydroxylation is 1. The number of pyridine rings is 1. The van der Waals surface area contributed by atoms with Crippen LogP contribution in [0.5, 0.6) is 0 Å². The van der Waals surface area contributed by atoms with Crippen LogP contribution in [0.3, 0.4) is 0 Å². The Morgan fingerprint density at radius 2 is 1.95 bits per heavy atom. The fourth-order valence-corrected chi connectivity index (χ4v) is 3.13. The lowest BCUT2D eigenvalue weighted by atomic mass is 9.96. The molecule has 21 heavy (non-hydrogen) atoms. The molecule has 0 bridgehead atoms. The Labute approximate surface area is 131 Å². The number of hydrogen-bond acceptors (Lipinski definition) is 1. The first-order valence-electron chi connectivity index (χ1n) is 7.33. The molecule has 1 aromatic heterocycles. The summed E-state index contributed by atoms with van der Waals surface area (Å²) >= 11 is 6.67. The molecule has 2 heteroatoms. The summed E-state index contributed by atoms with van der Waals surface area (Å²) in [6.45, 7) is 1.97. The number of aromatic nitrogens is 1. The van der Waals surface area contributed by atoms with E-state index in [2.05, 4.69) is 29.0 Å². The van der Waals surface area contributed by atoms with Crippen LogP contribution in [0.2, 0.25) is 0 Å². The molecule has 1 aliphatic rings. The second kappa shape index (κ2) is 5.92. The number of alkyl halides is 1. The molecule has 1 radical (unpaired) electrons. The molecule has 1 nitrogen and oxygen atoms in total. The van der Waals surface area contributed by atoms with Gasteiger partial charge in [0.25, 0.3) is 0 Å². The average molecular weight is 295 g/mol. The van der Waals surface area contributed by atoms with Crippen LogP contribution in [0.15, 0.2) is 36.4 Å². The van der Waals surface area contributed by atoms with Gasteiger partial charge in [0.2, 0.25) is 0 Å². The van der Waals surface area contributed by atoms with Gasteiger partial charge >= 0.3 is 0 Å². The first-order chi connectivity index (χ1) is 10.2. The van der Waals surface area contributed by atoms with E-state index in [1.807, 2.05) is 37.3 Å². The van der Waals surface area contributed by atoms with Crippen molar-refractivity contribution in [2.24, 2.45) is 0 Å². The van der Waals surface area contributed by atoms with Gasteiger partial charge in [0.1, 0.15) is 5.69 Å². The quantitative estimate of drug-likeness (QED) is 0.553. The van der Waals surface area contributed by atoms with Gasteiger partial charge in [0.05, 0.1) is 4.87 Å². The Morgan fingerprint density at radius 3 is 2.62 bits per heavy atom. The number of halogens is 1. The van der Waals surface area contributed by atoms with Crippen LogP contribution < -0.4 is 0 Å². The Morgan fingerprint density at radius 1 is 1.14 bits per heavy atom. The molecule has 0 aliphatic heterocycles. The largest absolute Gasteiger partial charge is 0.245 e. The summed E-state index contributed by atoms with van der Waals surface area (Å²) < 4.78 is 0. The molecule has 0 amide bonds. The molecule has 2 aromatic rings. The number of rotatable bonds is 1. The van der Waals surface area contributed by atoms with E-state index >= 15 is 0 Å². The second-order valence-electron chi connectivity index (χ2n) is 5.58. The lowest BCUT2D eigenvalue weighted by molar-refractivity contribution is 0.637. The molecular formula is C19H17ClN. The van der Waals surface area contributed by atoms with Crippen LogP contribution in [0.25, 0.3) is 0 Å². The van der Waals surface area contributed by atoms with Crippen molar-refractivity contribution in [3.05, 3.63) is 65.0 Å². The highest BCUT2D eigenvalue weighted by Crippen LogP contribution is 2.44. The van der Waals surface area contributed by atoms with Crippen LogP contribution >= 0.6 is 11.6 Å². The number of hydrogen-bond donors (Lipinski definition) is 0. The molecular weight excluding hydrogens is 278 g/mol. The fraction of sp³-hybridized carbons (Fsp3) is 0.316. The molecule has 0 N–H and O–H groups in total. The molecule has 3 rings (SSSR count). The van der Waals surface area contributed by atoms with Crippen LogP contribution in [-0.4, -0.2) is 4.98 Å². The first kappa shape index (κ1) is 14.2. The van der Waals surface area contributed by atoms with Gasteiger partial charge < -0.3 is 0 Å². The van der Waals surface area contributed by atoms with Crippen molar-refractivity contribution in [3.8, 4) is 11.8 Å². The van der Waals surface area contributed by atoms with Crippen LogP contribution in [-0.2, 0) is 4.87 Å². The third-order valence-corrected chi connectivity index (χ3v) is 4.54. The lowest BCUT2D eigenvalue weighted by Crippen LogP contribution is -2.12. The van der Waals surface area contributed by atoms with Gasteiger partial charge in [-0.25, -0.2) is 4.98 Å². The summed E-state index contributed by atoms with van der Waals surface area (Å²) in [6.07, 6.45) is 4.54. The fourth-order valence-electron chi connectivity index (χ4n) is 2.75. The van der Waals surface area contributed by atoms with Gasteiger partial charge in [-0.2, -0.15) is 0 Å². The van der Waals surface area contributed by atoms with Gasteiger partial charge in [-0.3, -0.25) is 0 Å². The first-order valence-corrected chi connectivity index (χ1v) is 7.70. The third-order valence-electron chi connectivity index (χ3n) is 3.94.